The van der Waals surface area contributed by atoms with Crippen molar-refractivity contribution in [3.05, 3.63) is 24.3 Å². The van der Waals surface area contributed by atoms with Crippen LogP contribution in [0.2, 0.25) is 0 Å². The van der Waals surface area contributed by atoms with Gasteiger partial charge in [-0.15, -0.1) is 0 Å². The minimum absolute atomic E-state index is 0.139. The molecule has 0 aliphatic carbocycles. The molecule has 5 heteroatoms. The number of allylic oxidation sites excluding steroid dienone is 2. The summed E-state index contributed by atoms with van der Waals surface area (Å²) in [6.07, 6.45) is 9.30. The summed E-state index contributed by atoms with van der Waals surface area (Å²) < 4.78 is 13.5. The molecule has 0 aromatic carbocycles. The number of dihydropyridines is 1. The number of aliphatic imine (C=N–C) groups is 2. The molecular formula is C24H39FIN3. The lowest BCUT2D eigenvalue weighted by Crippen LogP contribution is -2.34. The molecule has 3 atom stereocenters. The normalized spacial score (nSPS) is 20.0. The highest BCUT2D eigenvalue weighted by atomic mass is 127. The molecule has 164 valence electrons. The van der Waals surface area contributed by atoms with Crippen molar-refractivity contribution < 1.29 is 4.39 Å². The first kappa shape index (κ1) is 26.2. The minimum atomic E-state index is -0.981. The molecule has 0 bridgehead atoms. The Hall–Kier alpha value is -0.850. The number of nitrogens with one attached hydrogen (secondary N) is 1. The summed E-state index contributed by atoms with van der Waals surface area (Å²) in [4.78, 5) is 9.23. The smallest absolute Gasteiger partial charge is 0.138 e. The number of nitrogens with zero attached hydrogens (tertiary/aromatic N) is 2. The van der Waals surface area contributed by atoms with E-state index >= 15 is 0 Å². The third-order valence-corrected chi connectivity index (χ3v) is 5.88. The van der Waals surface area contributed by atoms with Gasteiger partial charge in [0, 0.05) is 6.04 Å². The second-order valence-corrected chi connectivity index (χ2v) is 11.3. The molecule has 0 saturated heterocycles. The number of rotatable bonds is 13. The van der Waals surface area contributed by atoms with Crippen molar-refractivity contribution in [3.8, 4) is 0 Å². The Morgan fingerprint density at radius 2 is 2.14 bits per heavy atom. The van der Waals surface area contributed by atoms with Crippen molar-refractivity contribution in [1.29, 1.82) is 5.41 Å². The molecule has 0 saturated carbocycles. The summed E-state index contributed by atoms with van der Waals surface area (Å²) in [7, 11) is 0. The summed E-state index contributed by atoms with van der Waals surface area (Å²) in [5, 5.41) is 8.70. The minimum Gasteiger partial charge on any atom is -0.303 e. The van der Waals surface area contributed by atoms with Crippen LogP contribution < -0.4 is 0 Å². The summed E-state index contributed by atoms with van der Waals surface area (Å²) in [6, 6.07) is 0.139. The van der Waals surface area contributed by atoms with Crippen LogP contribution in [0.1, 0.15) is 79.6 Å². The molecule has 0 spiro atoms. The molecular weight excluding hydrogens is 476 g/mol. The monoisotopic (exact) mass is 515 g/mol. The molecule has 1 unspecified atom stereocenters. The van der Waals surface area contributed by atoms with E-state index in [1.54, 1.807) is 12.2 Å². The highest BCUT2D eigenvalue weighted by Crippen LogP contribution is 2.25. The lowest BCUT2D eigenvalue weighted by Gasteiger charge is -2.24. The first-order chi connectivity index (χ1) is 13.6. The zero-order chi connectivity index (χ0) is 22.0. The predicted molar refractivity (Wildman–Crippen MR) is 135 cm³/mol. The average molecular weight is 515 g/mol. The molecule has 0 amide bonds. The van der Waals surface area contributed by atoms with Gasteiger partial charge in [-0.05, 0) is 70.1 Å². The first-order valence-corrected chi connectivity index (χ1v) is 12.1. The number of hydrogen-bond acceptors (Lipinski definition) is 3. The van der Waals surface area contributed by atoms with Crippen molar-refractivity contribution in [2.24, 2.45) is 15.9 Å². The molecule has 1 aliphatic rings. The van der Waals surface area contributed by atoms with Crippen molar-refractivity contribution in [2.45, 2.75) is 95.2 Å². The van der Waals surface area contributed by atoms with Gasteiger partial charge < -0.3 is 5.41 Å². The van der Waals surface area contributed by atoms with Gasteiger partial charge in [-0.2, -0.15) is 0 Å². The van der Waals surface area contributed by atoms with E-state index in [-0.39, 0.29) is 16.0 Å². The summed E-state index contributed by atoms with van der Waals surface area (Å²) in [6.45, 7) is 14.8. The molecule has 0 fully saturated rings. The lowest BCUT2D eigenvalue weighted by molar-refractivity contribution is 0.404. The number of halogens is 2. The van der Waals surface area contributed by atoms with Gasteiger partial charge in [0.15, 0.2) is 0 Å². The zero-order valence-corrected chi connectivity index (χ0v) is 21.1. The van der Waals surface area contributed by atoms with Crippen LogP contribution in [0.25, 0.3) is 0 Å². The molecule has 0 aromatic heterocycles. The fourth-order valence-electron chi connectivity index (χ4n) is 3.76. The predicted octanol–water partition coefficient (Wildman–Crippen LogP) is 7.34. The van der Waals surface area contributed by atoms with Crippen molar-refractivity contribution in [1.82, 2.24) is 0 Å². The molecule has 1 rings (SSSR count). The van der Waals surface area contributed by atoms with Gasteiger partial charge in [-0.1, -0.05) is 62.3 Å². The maximum Gasteiger partial charge on any atom is 0.138 e. The molecule has 0 radical (unpaired) electrons. The molecule has 29 heavy (non-hydrogen) atoms. The Labute approximate surface area is 191 Å². The fourth-order valence-corrected chi connectivity index (χ4v) is 4.22. The maximum absolute atomic E-state index is 13.6. The Balaban J connectivity index is 2.75. The van der Waals surface area contributed by atoms with Crippen LogP contribution in [0.4, 0.5) is 4.39 Å². The van der Waals surface area contributed by atoms with Crippen molar-refractivity contribution in [2.75, 3.05) is 6.54 Å². The summed E-state index contributed by atoms with van der Waals surface area (Å²) in [5.74, 6) is 0.565. The fraction of sp³-hybridized carbons (Fsp3) is 0.708. The van der Waals surface area contributed by atoms with E-state index < -0.39 is 6.17 Å². The molecule has 1 N–H and O–H groups in total. The lowest BCUT2D eigenvalue weighted by atomic mass is 9.90. The Morgan fingerprint density at radius 1 is 1.45 bits per heavy atom. The van der Waals surface area contributed by atoms with E-state index in [4.69, 9.17) is 10.4 Å². The van der Waals surface area contributed by atoms with Crippen LogP contribution in [0, 0.1) is 11.3 Å². The largest absolute Gasteiger partial charge is 0.303 e. The molecule has 1 heterocycles. The third kappa shape index (κ3) is 9.22. The highest BCUT2D eigenvalue weighted by Gasteiger charge is 2.27. The second kappa shape index (κ2) is 12.8. The van der Waals surface area contributed by atoms with E-state index in [0.29, 0.717) is 11.6 Å². The zero-order valence-electron chi connectivity index (χ0n) is 18.9. The molecule has 1 aliphatic heterocycles. The Bertz CT molecular complexity index is 643. The van der Waals surface area contributed by atoms with Crippen LogP contribution in [0.15, 0.2) is 34.3 Å². The molecule has 3 nitrogen and oxygen atoms in total. The van der Waals surface area contributed by atoms with Gasteiger partial charge in [0.25, 0.3) is 0 Å². The van der Waals surface area contributed by atoms with Crippen molar-refractivity contribution in [3.63, 3.8) is 0 Å². The van der Waals surface area contributed by atoms with Crippen molar-refractivity contribution >= 4 is 39.7 Å². The first-order valence-electron chi connectivity index (χ1n) is 11.0. The Kier molecular flexibility index (Phi) is 11.5. The van der Waals surface area contributed by atoms with E-state index in [0.717, 1.165) is 55.5 Å². The Morgan fingerprint density at radius 3 is 2.69 bits per heavy atom. The quantitative estimate of drug-likeness (QED) is 0.152. The van der Waals surface area contributed by atoms with Gasteiger partial charge in [0.2, 0.25) is 0 Å². The van der Waals surface area contributed by atoms with E-state index in [2.05, 4.69) is 68.8 Å². The topological polar surface area (TPSA) is 48.6 Å². The third-order valence-electron chi connectivity index (χ3n) is 5.37. The number of alkyl halides is 2. The van der Waals surface area contributed by atoms with Gasteiger partial charge >= 0.3 is 0 Å². The van der Waals surface area contributed by atoms with Gasteiger partial charge in [0.1, 0.15) is 6.17 Å². The second-order valence-electron chi connectivity index (χ2n) is 8.57. The summed E-state index contributed by atoms with van der Waals surface area (Å²) >= 11 is 2.40. The average Bonchev–Trinajstić information content (AvgIpc) is 2.64. The van der Waals surface area contributed by atoms with Crippen LogP contribution in [-0.2, 0) is 0 Å². The van der Waals surface area contributed by atoms with Gasteiger partial charge in [-0.3, -0.25) is 9.98 Å². The summed E-state index contributed by atoms with van der Waals surface area (Å²) in [5.41, 5.74) is 3.40. The highest BCUT2D eigenvalue weighted by molar-refractivity contribution is 14.1. The molecule has 0 aromatic rings. The SMILES string of the molecule is C=CC1=NCC(F)C=C1CCC[C@H](C)N=C(C(=N)C[C@H](CC)CCC)C(C)(C)I. The standard InChI is InChI=1S/C24H39FIN3/c1-7-11-18(8-2)14-21(27)23(24(5,6)26)29-17(4)12-10-13-19-15-20(25)16-28-22(19)9-3/h9,15,17-18,20,27H,3,7-8,10-14,16H2,1-2,4-6H3/t17-,18+,20?/m0/s1. The van der Waals surface area contributed by atoms with Gasteiger partial charge in [-0.25, -0.2) is 4.39 Å². The van der Waals surface area contributed by atoms with E-state index in [1.807, 2.05) is 0 Å². The maximum atomic E-state index is 13.6. The van der Waals surface area contributed by atoms with Gasteiger partial charge in [0.05, 0.1) is 27.1 Å². The number of hydrogen-bond donors (Lipinski definition) is 1. The van der Waals surface area contributed by atoms with E-state index in [9.17, 15) is 4.39 Å². The van der Waals surface area contributed by atoms with Crippen LogP contribution >= 0.6 is 22.6 Å². The van der Waals surface area contributed by atoms with Crippen LogP contribution in [0.3, 0.4) is 0 Å². The van der Waals surface area contributed by atoms with Crippen LogP contribution in [-0.4, -0.2) is 39.3 Å². The van der Waals surface area contributed by atoms with E-state index in [1.165, 1.54) is 6.42 Å². The van der Waals surface area contributed by atoms with Crippen LogP contribution in [0.5, 0.6) is 0 Å².